The lowest BCUT2D eigenvalue weighted by Gasteiger charge is -2.16. The molecule has 25 heavy (non-hydrogen) atoms. The zero-order chi connectivity index (χ0) is 17.7. The highest BCUT2D eigenvalue weighted by Gasteiger charge is 2.26. The number of ether oxygens (including phenoxy) is 1. The molecule has 0 heterocycles. The van der Waals surface area contributed by atoms with Crippen LogP contribution >= 0.6 is 7.29 Å². The van der Waals surface area contributed by atoms with E-state index in [2.05, 4.69) is 0 Å². The SMILES string of the molecule is COc1cccc(/C(C)=N/P(=O)(c2ccccc2)c2ccccc2)c1. The second-order valence-corrected chi connectivity index (χ2v) is 8.05. The quantitative estimate of drug-likeness (QED) is 0.505. The van der Waals surface area contributed by atoms with Gasteiger partial charge in [0, 0.05) is 16.3 Å². The van der Waals surface area contributed by atoms with Crippen LogP contribution in [0.15, 0.2) is 89.7 Å². The molecule has 0 aromatic heterocycles. The van der Waals surface area contributed by atoms with E-state index in [1.165, 1.54) is 0 Å². The molecule has 0 fully saturated rings. The van der Waals surface area contributed by atoms with Crippen molar-refractivity contribution in [2.24, 2.45) is 4.76 Å². The number of rotatable bonds is 5. The molecule has 126 valence electrons. The predicted molar refractivity (Wildman–Crippen MR) is 105 cm³/mol. The molecule has 0 atom stereocenters. The van der Waals surface area contributed by atoms with E-state index in [-0.39, 0.29) is 0 Å². The number of hydrogen-bond acceptors (Lipinski definition) is 2. The van der Waals surface area contributed by atoms with E-state index in [0.29, 0.717) is 0 Å². The third kappa shape index (κ3) is 3.72. The van der Waals surface area contributed by atoms with E-state index >= 15 is 0 Å². The molecule has 3 aromatic rings. The Labute approximate surface area is 148 Å². The summed E-state index contributed by atoms with van der Waals surface area (Å²) in [5.74, 6) is 0.751. The lowest BCUT2D eigenvalue weighted by Crippen LogP contribution is -2.15. The fraction of sp³-hybridized carbons (Fsp3) is 0.0952. The van der Waals surface area contributed by atoms with Gasteiger partial charge in [-0.25, -0.2) is 4.76 Å². The van der Waals surface area contributed by atoms with Crippen LogP contribution in [0.4, 0.5) is 0 Å². The molecule has 0 saturated heterocycles. The van der Waals surface area contributed by atoms with E-state index in [1.807, 2.05) is 91.9 Å². The summed E-state index contributed by atoms with van der Waals surface area (Å²) in [5.41, 5.74) is 1.61. The third-order valence-electron chi connectivity index (χ3n) is 3.99. The molecule has 0 spiro atoms. The van der Waals surface area contributed by atoms with Gasteiger partial charge in [0.25, 0.3) is 0 Å². The molecule has 0 aliphatic rings. The van der Waals surface area contributed by atoms with Gasteiger partial charge < -0.3 is 4.74 Å². The Kier molecular flexibility index (Phi) is 5.16. The number of nitrogens with zero attached hydrogens (tertiary/aromatic N) is 1. The second kappa shape index (κ2) is 7.50. The van der Waals surface area contributed by atoms with Gasteiger partial charge in [0.2, 0.25) is 7.29 Å². The van der Waals surface area contributed by atoms with Gasteiger partial charge in [-0.05, 0) is 48.9 Å². The molecule has 0 N–H and O–H groups in total. The summed E-state index contributed by atoms with van der Waals surface area (Å²) in [5, 5.41) is 1.45. The molecule has 0 saturated carbocycles. The maximum absolute atomic E-state index is 13.9. The Bertz CT molecular complexity index is 877. The normalized spacial score (nSPS) is 12.0. The van der Waals surface area contributed by atoms with Gasteiger partial charge in [0.1, 0.15) is 5.75 Å². The smallest absolute Gasteiger partial charge is 0.247 e. The average Bonchev–Trinajstić information content (AvgIpc) is 2.69. The Morgan fingerprint density at radius 3 is 1.92 bits per heavy atom. The van der Waals surface area contributed by atoms with Crippen LogP contribution in [0.2, 0.25) is 0 Å². The van der Waals surface area contributed by atoms with Crippen LogP contribution in [0.1, 0.15) is 12.5 Å². The maximum atomic E-state index is 13.9. The van der Waals surface area contributed by atoms with Crippen LogP contribution < -0.4 is 15.3 Å². The monoisotopic (exact) mass is 349 g/mol. The van der Waals surface area contributed by atoms with E-state index in [4.69, 9.17) is 9.50 Å². The van der Waals surface area contributed by atoms with E-state index in [9.17, 15) is 4.57 Å². The highest BCUT2D eigenvalue weighted by atomic mass is 31.2. The summed E-state index contributed by atoms with van der Waals surface area (Å²) >= 11 is 0. The van der Waals surface area contributed by atoms with Crippen molar-refractivity contribution < 1.29 is 9.30 Å². The van der Waals surface area contributed by atoms with Gasteiger partial charge in [-0.15, -0.1) is 0 Å². The fourth-order valence-corrected chi connectivity index (χ4v) is 4.86. The first-order valence-electron chi connectivity index (χ1n) is 8.06. The Balaban J connectivity index is 2.14. The second-order valence-electron chi connectivity index (χ2n) is 5.66. The van der Waals surface area contributed by atoms with Crippen molar-refractivity contribution in [3.05, 3.63) is 90.5 Å². The van der Waals surface area contributed by atoms with Crippen molar-refractivity contribution in [1.82, 2.24) is 0 Å². The summed E-state index contributed by atoms with van der Waals surface area (Å²) in [7, 11) is -1.49. The predicted octanol–water partition coefficient (Wildman–Crippen LogP) is 4.43. The fourth-order valence-electron chi connectivity index (χ4n) is 2.64. The molecule has 0 unspecified atom stereocenters. The van der Waals surface area contributed by atoms with Crippen molar-refractivity contribution in [3.63, 3.8) is 0 Å². The van der Waals surface area contributed by atoms with E-state index in [0.717, 1.165) is 27.6 Å². The minimum Gasteiger partial charge on any atom is -0.497 e. The molecule has 3 rings (SSSR count). The van der Waals surface area contributed by atoms with Crippen molar-refractivity contribution in [1.29, 1.82) is 0 Å². The largest absolute Gasteiger partial charge is 0.497 e. The van der Waals surface area contributed by atoms with Gasteiger partial charge in [-0.2, -0.15) is 0 Å². The van der Waals surface area contributed by atoms with Crippen LogP contribution in [-0.2, 0) is 4.57 Å². The summed E-state index contributed by atoms with van der Waals surface area (Å²) in [6.45, 7) is 1.88. The first kappa shape index (κ1) is 17.2. The van der Waals surface area contributed by atoms with Crippen molar-refractivity contribution in [2.45, 2.75) is 6.92 Å². The first-order chi connectivity index (χ1) is 12.1. The molecule has 0 amide bonds. The van der Waals surface area contributed by atoms with Gasteiger partial charge in [-0.3, -0.25) is 4.57 Å². The molecule has 0 aliphatic heterocycles. The lowest BCUT2D eigenvalue weighted by molar-refractivity contribution is 0.414. The molecular weight excluding hydrogens is 329 g/mol. The minimum atomic E-state index is -3.12. The van der Waals surface area contributed by atoms with Gasteiger partial charge in [0.05, 0.1) is 7.11 Å². The Morgan fingerprint density at radius 1 is 0.840 bits per heavy atom. The first-order valence-corrected chi connectivity index (χ1v) is 9.72. The van der Waals surface area contributed by atoms with Crippen molar-refractivity contribution in [3.8, 4) is 5.75 Å². The van der Waals surface area contributed by atoms with Gasteiger partial charge >= 0.3 is 0 Å². The Hall–Kier alpha value is -2.64. The van der Waals surface area contributed by atoms with Crippen LogP contribution in [0.3, 0.4) is 0 Å². The summed E-state index contributed by atoms with van der Waals surface area (Å²) < 4.78 is 23.9. The molecule has 4 heteroatoms. The lowest BCUT2D eigenvalue weighted by atomic mass is 10.1. The van der Waals surface area contributed by atoms with Gasteiger partial charge in [-0.1, -0.05) is 48.5 Å². The van der Waals surface area contributed by atoms with Crippen LogP contribution in [-0.4, -0.2) is 12.8 Å². The molecule has 0 bridgehead atoms. The van der Waals surface area contributed by atoms with Crippen LogP contribution in [0.25, 0.3) is 0 Å². The van der Waals surface area contributed by atoms with Gasteiger partial charge in [0.15, 0.2) is 0 Å². The summed E-state index contributed by atoms with van der Waals surface area (Å²) in [6, 6.07) is 26.5. The van der Waals surface area contributed by atoms with E-state index in [1.54, 1.807) is 7.11 Å². The zero-order valence-electron chi connectivity index (χ0n) is 14.3. The number of methoxy groups -OCH3 is 1. The highest BCUT2D eigenvalue weighted by molar-refractivity contribution is 7.77. The molecule has 3 nitrogen and oxygen atoms in total. The highest BCUT2D eigenvalue weighted by Crippen LogP contribution is 2.45. The topological polar surface area (TPSA) is 38.7 Å². The van der Waals surface area contributed by atoms with Crippen LogP contribution in [0, 0.1) is 0 Å². The van der Waals surface area contributed by atoms with Crippen LogP contribution in [0.5, 0.6) is 5.75 Å². The molecule has 3 aromatic carbocycles. The molecule has 0 aliphatic carbocycles. The molecule has 0 radical (unpaired) electrons. The Morgan fingerprint density at radius 2 is 1.40 bits per heavy atom. The summed E-state index contributed by atoms with van der Waals surface area (Å²) in [4.78, 5) is 0. The average molecular weight is 349 g/mol. The van der Waals surface area contributed by atoms with E-state index < -0.39 is 7.29 Å². The third-order valence-corrected chi connectivity index (χ3v) is 6.57. The zero-order valence-corrected chi connectivity index (χ0v) is 15.2. The number of hydrogen-bond donors (Lipinski definition) is 0. The van der Waals surface area contributed by atoms with Crippen molar-refractivity contribution >= 4 is 23.6 Å². The number of benzene rings is 3. The van der Waals surface area contributed by atoms with Crippen molar-refractivity contribution in [2.75, 3.05) is 7.11 Å². The standard InChI is InChI=1S/C21H20NO2P/c1-17(18-10-9-11-19(16-18)24-2)22-25(23,20-12-5-3-6-13-20)21-14-7-4-8-15-21/h3-16H,1-2H3/b22-17+. The maximum Gasteiger partial charge on any atom is 0.247 e. The summed E-state index contributed by atoms with van der Waals surface area (Å²) in [6.07, 6.45) is 0. The minimum absolute atomic E-state index is 0.718. The molecular formula is C21H20NO2P.